The minimum atomic E-state index is 0.724. The van der Waals surface area contributed by atoms with Gasteiger partial charge in [0.2, 0.25) is 0 Å². The third-order valence-electron chi connectivity index (χ3n) is 3.45. The quantitative estimate of drug-likeness (QED) is 0.840. The van der Waals surface area contributed by atoms with Crippen LogP contribution in [0.15, 0.2) is 41.0 Å². The van der Waals surface area contributed by atoms with Crippen LogP contribution in [0.5, 0.6) is 0 Å². The normalized spacial score (nSPS) is 14.9. The molecular formula is C16H21N3O. The van der Waals surface area contributed by atoms with Crippen molar-refractivity contribution in [2.24, 2.45) is 0 Å². The molecule has 2 aromatic rings. The molecular weight excluding hydrogens is 250 g/mol. The molecule has 0 saturated heterocycles. The smallest absolute Gasteiger partial charge is 0.117 e. The lowest BCUT2D eigenvalue weighted by Gasteiger charge is -2.15. The molecule has 1 fully saturated rings. The van der Waals surface area contributed by atoms with Crippen LogP contribution in [-0.4, -0.2) is 23.0 Å². The van der Waals surface area contributed by atoms with Crippen molar-refractivity contribution >= 4 is 0 Å². The SMILES string of the molecule is CN(Cc1cccc(CNC2CC2)n1)Cc1ccco1. The van der Waals surface area contributed by atoms with Gasteiger partial charge in [0.25, 0.3) is 0 Å². The third kappa shape index (κ3) is 3.92. The molecule has 3 rings (SSSR count). The summed E-state index contributed by atoms with van der Waals surface area (Å²) in [7, 11) is 2.08. The van der Waals surface area contributed by atoms with Crippen LogP contribution in [-0.2, 0) is 19.6 Å². The van der Waals surface area contributed by atoms with Gasteiger partial charge in [-0.15, -0.1) is 0 Å². The van der Waals surface area contributed by atoms with E-state index in [-0.39, 0.29) is 0 Å². The lowest BCUT2D eigenvalue weighted by atomic mass is 10.2. The maximum absolute atomic E-state index is 5.37. The fraction of sp³-hybridized carbons (Fsp3) is 0.438. The summed E-state index contributed by atoms with van der Waals surface area (Å²) >= 11 is 0. The molecule has 0 atom stereocenters. The monoisotopic (exact) mass is 271 g/mol. The Morgan fingerprint density at radius 3 is 2.80 bits per heavy atom. The molecule has 4 heteroatoms. The van der Waals surface area contributed by atoms with Gasteiger partial charge >= 0.3 is 0 Å². The predicted molar refractivity (Wildman–Crippen MR) is 78.0 cm³/mol. The number of hydrogen-bond acceptors (Lipinski definition) is 4. The van der Waals surface area contributed by atoms with E-state index >= 15 is 0 Å². The van der Waals surface area contributed by atoms with Gasteiger partial charge in [-0.05, 0) is 44.2 Å². The van der Waals surface area contributed by atoms with Gasteiger partial charge in [-0.25, -0.2) is 0 Å². The Morgan fingerprint density at radius 1 is 1.20 bits per heavy atom. The molecule has 1 N–H and O–H groups in total. The van der Waals surface area contributed by atoms with Crippen LogP contribution >= 0.6 is 0 Å². The molecule has 2 heterocycles. The van der Waals surface area contributed by atoms with E-state index in [1.165, 1.54) is 12.8 Å². The third-order valence-corrected chi connectivity index (χ3v) is 3.45. The van der Waals surface area contributed by atoms with Gasteiger partial charge in [-0.1, -0.05) is 6.07 Å². The Kier molecular flexibility index (Phi) is 4.14. The summed E-state index contributed by atoms with van der Waals surface area (Å²) in [6, 6.07) is 10.9. The topological polar surface area (TPSA) is 41.3 Å². The Hall–Kier alpha value is -1.65. The van der Waals surface area contributed by atoms with E-state index in [4.69, 9.17) is 9.40 Å². The molecule has 0 spiro atoms. The average molecular weight is 271 g/mol. The van der Waals surface area contributed by atoms with Crippen LogP contribution in [0.3, 0.4) is 0 Å². The van der Waals surface area contributed by atoms with E-state index in [0.717, 1.165) is 42.8 Å². The van der Waals surface area contributed by atoms with Crippen molar-refractivity contribution < 1.29 is 4.42 Å². The van der Waals surface area contributed by atoms with Crippen molar-refractivity contribution in [3.8, 4) is 0 Å². The van der Waals surface area contributed by atoms with E-state index in [9.17, 15) is 0 Å². The molecule has 4 nitrogen and oxygen atoms in total. The first-order chi connectivity index (χ1) is 9.79. The van der Waals surface area contributed by atoms with Gasteiger partial charge in [0, 0.05) is 19.1 Å². The lowest BCUT2D eigenvalue weighted by Crippen LogP contribution is -2.19. The summed E-state index contributed by atoms with van der Waals surface area (Å²) in [6.45, 7) is 2.51. The fourth-order valence-electron chi connectivity index (χ4n) is 2.25. The second kappa shape index (κ2) is 6.20. The highest BCUT2D eigenvalue weighted by Gasteiger charge is 2.20. The van der Waals surface area contributed by atoms with E-state index in [0.29, 0.717) is 0 Å². The first-order valence-electron chi connectivity index (χ1n) is 7.19. The Labute approximate surface area is 119 Å². The average Bonchev–Trinajstić information content (AvgIpc) is 3.14. The molecule has 106 valence electrons. The van der Waals surface area contributed by atoms with Crippen molar-refractivity contribution in [1.82, 2.24) is 15.2 Å². The number of furan rings is 1. The molecule has 1 aliphatic carbocycles. The van der Waals surface area contributed by atoms with Gasteiger partial charge in [0.15, 0.2) is 0 Å². The van der Waals surface area contributed by atoms with Gasteiger partial charge in [0.05, 0.1) is 24.2 Å². The van der Waals surface area contributed by atoms with E-state index in [2.05, 4.69) is 35.5 Å². The summed E-state index contributed by atoms with van der Waals surface area (Å²) < 4.78 is 5.37. The zero-order valence-corrected chi connectivity index (χ0v) is 11.9. The summed E-state index contributed by atoms with van der Waals surface area (Å²) in [4.78, 5) is 6.91. The summed E-state index contributed by atoms with van der Waals surface area (Å²) in [5, 5.41) is 3.50. The van der Waals surface area contributed by atoms with Crippen molar-refractivity contribution in [2.75, 3.05) is 7.05 Å². The highest BCUT2D eigenvalue weighted by Crippen LogP contribution is 2.19. The summed E-state index contributed by atoms with van der Waals surface area (Å²) in [5.74, 6) is 0.985. The molecule has 0 amide bonds. The van der Waals surface area contributed by atoms with Crippen molar-refractivity contribution in [3.05, 3.63) is 53.7 Å². The molecule has 0 radical (unpaired) electrons. The van der Waals surface area contributed by atoms with Crippen LogP contribution in [0, 0.1) is 0 Å². The van der Waals surface area contributed by atoms with Crippen LogP contribution in [0.25, 0.3) is 0 Å². The van der Waals surface area contributed by atoms with Gasteiger partial charge in [-0.2, -0.15) is 0 Å². The summed E-state index contributed by atoms with van der Waals surface area (Å²) in [5.41, 5.74) is 2.23. The number of aromatic nitrogens is 1. The van der Waals surface area contributed by atoms with E-state index in [1.807, 2.05) is 12.1 Å². The van der Waals surface area contributed by atoms with Gasteiger partial charge in [0.1, 0.15) is 5.76 Å². The standard InChI is InChI=1S/C16H21N3O/c1-19(12-16-6-3-9-20-16)11-15-5-2-4-14(18-15)10-17-13-7-8-13/h2-6,9,13,17H,7-8,10-12H2,1H3. The van der Waals surface area contributed by atoms with Gasteiger partial charge in [-0.3, -0.25) is 9.88 Å². The van der Waals surface area contributed by atoms with Crippen LogP contribution in [0.2, 0.25) is 0 Å². The number of nitrogens with zero attached hydrogens (tertiary/aromatic N) is 2. The Morgan fingerprint density at radius 2 is 2.05 bits per heavy atom. The maximum Gasteiger partial charge on any atom is 0.117 e. The molecule has 0 aliphatic heterocycles. The second-order valence-corrected chi connectivity index (χ2v) is 5.53. The van der Waals surface area contributed by atoms with E-state index in [1.54, 1.807) is 6.26 Å². The van der Waals surface area contributed by atoms with Crippen LogP contribution in [0.4, 0.5) is 0 Å². The van der Waals surface area contributed by atoms with Crippen LogP contribution in [0.1, 0.15) is 30.0 Å². The summed E-state index contributed by atoms with van der Waals surface area (Å²) in [6.07, 6.45) is 4.34. The minimum absolute atomic E-state index is 0.724. The van der Waals surface area contributed by atoms with Crippen LogP contribution < -0.4 is 5.32 Å². The molecule has 20 heavy (non-hydrogen) atoms. The molecule has 1 saturated carbocycles. The fourth-order valence-corrected chi connectivity index (χ4v) is 2.25. The molecule has 0 aromatic carbocycles. The van der Waals surface area contributed by atoms with Gasteiger partial charge < -0.3 is 9.73 Å². The predicted octanol–water partition coefficient (Wildman–Crippen LogP) is 2.56. The zero-order valence-electron chi connectivity index (χ0n) is 11.9. The maximum atomic E-state index is 5.37. The molecule has 1 aliphatic rings. The first-order valence-corrected chi connectivity index (χ1v) is 7.19. The highest BCUT2D eigenvalue weighted by molar-refractivity contribution is 5.11. The number of pyridine rings is 1. The Bertz CT molecular complexity index is 534. The molecule has 0 bridgehead atoms. The van der Waals surface area contributed by atoms with E-state index < -0.39 is 0 Å². The lowest BCUT2D eigenvalue weighted by molar-refractivity contribution is 0.284. The second-order valence-electron chi connectivity index (χ2n) is 5.53. The van der Waals surface area contributed by atoms with Crippen molar-refractivity contribution in [1.29, 1.82) is 0 Å². The highest BCUT2D eigenvalue weighted by atomic mass is 16.3. The molecule has 0 unspecified atom stereocenters. The minimum Gasteiger partial charge on any atom is -0.468 e. The Balaban J connectivity index is 1.54. The largest absolute Gasteiger partial charge is 0.468 e. The van der Waals surface area contributed by atoms with Crippen molar-refractivity contribution in [3.63, 3.8) is 0 Å². The van der Waals surface area contributed by atoms with Crippen molar-refractivity contribution in [2.45, 2.75) is 38.5 Å². The first kappa shape index (κ1) is 13.3. The number of rotatable bonds is 7. The zero-order chi connectivity index (χ0) is 13.8. The molecule has 2 aromatic heterocycles. The number of nitrogens with one attached hydrogen (secondary N) is 1. The number of hydrogen-bond donors (Lipinski definition) is 1.